The van der Waals surface area contributed by atoms with Crippen LogP contribution in [0.5, 0.6) is 0 Å². The Labute approximate surface area is 114 Å². The molecule has 0 fully saturated rings. The molecule has 0 spiro atoms. The molecule has 0 saturated heterocycles. The highest BCUT2D eigenvalue weighted by molar-refractivity contribution is 7.89. The Balaban J connectivity index is 2.73. The van der Waals surface area contributed by atoms with Gasteiger partial charge in [0.2, 0.25) is 10.0 Å². The maximum absolute atomic E-state index is 12.1. The van der Waals surface area contributed by atoms with Crippen molar-refractivity contribution in [3.05, 3.63) is 12.4 Å². The minimum atomic E-state index is -3.49. The van der Waals surface area contributed by atoms with E-state index in [2.05, 4.69) is 9.82 Å². The molecular weight excluding hydrogens is 266 g/mol. The molecule has 1 aromatic rings. The molecule has 110 valence electrons. The summed E-state index contributed by atoms with van der Waals surface area (Å²) in [6, 6.07) is -0.0317. The Bertz CT molecular complexity index is 470. The van der Waals surface area contributed by atoms with Gasteiger partial charge >= 0.3 is 0 Å². The average molecular weight is 289 g/mol. The monoisotopic (exact) mass is 289 g/mol. The summed E-state index contributed by atoms with van der Waals surface area (Å²) in [7, 11) is -3.49. The fraction of sp³-hybridized carbons (Fsp3) is 0.750. The maximum atomic E-state index is 12.1. The number of nitrogens with one attached hydrogen (secondary N) is 1. The lowest BCUT2D eigenvalue weighted by atomic mass is 10.1. The van der Waals surface area contributed by atoms with E-state index in [1.54, 1.807) is 0 Å². The second-order valence-corrected chi connectivity index (χ2v) is 6.25. The molecule has 0 aliphatic rings. The molecule has 1 heterocycles. The van der Waals surface area contributed by atoms with Gasteiger partial charge in [0.05, 0.1) is 6.20 Å². The van der Waals surface area contributed by atoms with E-state index >= 15 is 0 Å². The molecule has 2 N–H and O–H groups in total. The highest BCUT2D eigenvalue weighted by atomic mass is 32.2. The number of aromatic nitrogens is 2. The second kappa shape index (κ2) is 7.62. The molecule has 0 aliphatic carbocycles. The Morgan fingerprint density at radius 1 is 1.47 bits per heavy atom. The van der Waals surface area contributed by atoms with Crippen molar-refractivity contribution in [1.29, 1.82) is 0 Å². The molecule has 0 bridgehead atoms. The van der Waals surface area contributed by atoms with Gasteiger partial charge in [0.15, 0.2) is 0 Å². The normalized spacial score (nSPS) is 13.6. The fourth-order valence-corrected chi connectivity index (χ4v) is 3.13. The minimum Gasteiger partial charge on any atom is -0.396 e. The summed E-state index contributed by atoms with van der Waals surface area (Å²) < 4.78 is 28.5. The molecule has 0 aliphatic heterocycles. The van der Waals surface area contributed by atoms with Gasteiger partial charge in [0, 0.05) is 25.4 Å². The first-order chi connectivity index (χ1) is 9.03. The van der Waals surface area contributed by atoms with E-state index in [1.807, 2.05) is 13.8 Å². The largest absolute Gasteiger partial charge is 0.396 e. The summed E-state index contributed by atoms with van der Waals surface area (Å²) in [5.74, 6) is 0. The minimum absolute atomic E-state index is 0.0317. The lowest BCUT2D eigenvalue weighted by Gasteiger charge is -2.15. The molecule has 0 radical (unpaired) electrons. The highest BCUT2D eigenvalue weighted by Gasteiger charge is 2.20. The lowest BCUT2D eigenvalue weighted by Crippen LogP contribution is -2.34. The average Bonchev–Trinajstić information content (AvgIpc) is 2.85. The number of rotatable bonds is 9. The number of sulfonamides is 1. The Morgan fingerprint density at radius 2 is 2.21 bits per heavy atom. The van der Waals surface area contributed by atoms with Gasteiger partial charge in [-0.15, -0.1) is 0 Å². The highest BCUT2D eigenvalue weighted by Crippen LogP contribution is 2.11. The van der Waals surface area contributed by atoms with E-state index in [0.29, 0.717) is 13.0 Å². The topological polar surface area (TPSA) is 84.2 Å². The molecule has 7 heteroatoms. The van der Waals surface area contributed by atoms with Gasteiger partial charge in [-0.1, -0.05) is 20.3 Å². The zero-order valence-electron chi connectivity index (χ0n) is 11.5. The van der Waals surface area contributed by atoms with E-state index in [9.17, 15) is 8.42 Å². The third-order valence-corrected chi connectivity index (χ3v) is 4.39. The summed E-state index contributed by atoms with van der Waals surface area (Å²) in [4.78, 5) is 0.181. The molecule has 0 amide bonds. The lowest BCUT2D eigenvalue weighted by molar-refractivity contribution is 0.277. The predicted molar refractivity (Wildman–Crippen MR) is 73.2 cm³/mol. The Morgan fingerprint density at radius 3 is 2.79 bits per heavy atom. The third kappa shape index (κ3) is 4.93. The van der Waals surface area contributed by atoms with Crippen molar-refractivity contribution in [2.45, 2.75) is 57.0 Å². The maximum Gasteiger partial charge on any atom is 0.243 e. The van der Waals surface area contributed by atoms with Gasteiger partial charge in [0.25, 0.3) is 0 Å². The fourth-order valence-electron chi connectivity index (χ4n) is 1.82. The van der Waals surface area contributed by atoms with Crippen molar-refractivity contribution >= 4 is 10.0 Å². The molecule has 1 rings (SSSR count). The van der Waals surface area contributed by atoms with Crippen molar-refractivity contribution in [1.82, 2.24) is 14.5 Å². The molecule has 19 heavy (non-hydrogen) atoms. The molecule has 0 aromatic carbocycles. The van der Waals surface area contributed by atoms with Crippen LogP contribution in [0, 0.1) is 0 Å². The van der Waals surface area contributed by atoms with Crippen LogP contribution in [0.2, 0.25) is 0 Å². The predicted octanol–water partition coefficient (Wildman–Crippen LogP) is 1.12. The third-order valence-electron chi connectivity index (χ3n) is 2.92. The van der Waals surface area contributed by atoms with Crippen LogP contribution in [0.15, 0.2) is 17.3 Å². The van der Waals surface area contributed by atoms with E-state index in [-0.39, 0.29) is 17.5 Å². The van der Waals surface area contributed by atoms with E-state index in [1.165, 1.54) is 17.1 Å². The van der Waals surface area contributed by atoms with Crippen molar-refractivity contribution in [2.24, 2.45) is 0 Å². The van der Waals surface area contributed by atoms with Gasteiger partial charge < -0.3 is 5.11 Å². The van der Waals surface area contributed by atoms with Crippen LogP contribution in [-0.2, 0) is 16.6 Å². The Hall–Kier alpha value is -0.920. The summed E-state index contributed by atoms with van der Waals surface area (Å²) >= 11 is 0. The molecular formula is C12H23N3O3S. The number of hydrogen-bond acceptors (Lipinski definition) is 4. The number of hydrogen-bond donors (Lipinski definition) is 2. The summed E-state index contributed by atoms with van der Waals surface area (Å²) in [5.41, 5.74) is 0. The van der Waals surface area contributed by atoms with Crippen LogP contribution in [0.1, 0.15) is 39.5 Å². The first-order valence-electron chi connectivity index (χ1n) is 6.69. The van der Waals surface area contributed by atoms with Crippen molar-refractivity contribution < 1.29 is 13.5 Å². The van der Waals surface area contributed by atoms with E-state index in [4.69, 9.17) is 5.11 Å². The number of nitrogens with zero attached hydrogens (tertiary/aromatic N) is 2. The van der Waals surface area contributed by atoms with Crippen molar-refractivity contribution in [2.75, 3.05) is 6.61 Å². The number of aliphatic hydroxyl groups excluding tert-OH is 1. The molecule has 1 unspecified atom stereocenters. The zero-order valence-corrected chi connectivity index (χ0v) is 12.4. The van der Waals surface area contributed by atoms with Gasteiger partial charge in [-0.05, 0) is 19.3 Å². The second-order valence-electron chi connectivity index (χ2n) is 4.53. The zero-order chi connectivity index (χ0) is 14.3. The van der Waals surface area contributed by atoms with Crippen LogP contribution in [0.4, 0.5) is 0 Å². The van der Waals surface area contributed by atoms with Crippen molar-refractivity contribution in [3.8, 4) is 0 Å². The number of aryl methyl sites for hydroxylation is 1. The first-order valence-corrected chi connectivity index (χ1v) is 8.17. The molecule has 0 saturated carbocycles. The standard InChI is InChI=1S/C12H23N3O3S/c1-3-6-11(4-2)14-19(17,18)12-9-13-15(10-12)7-5-8-16/h9-11,14,16H,3-8H2,1-2H3. The van der Waals surface area contributed by atoms with Gasteiger partial charge in [-0.25, -0.2) is 13.1 Å². The summed E-state index contributed by atoms with van der Waals surface area (Å²) in [5, 5.41) is 12.7. The van der Waals surface area contributed by atoms with Crippen molar-refractivity contribution in [3.63, 3.8) is 0 Å². The van der Waals surface area contributed by atoms with Gasteiger partial charge in [-0.2, -0.15) is 5.10 Å². The Kier molecular flexibility index (Phi) is 6.47. The summed E-state index contributed by atoms with van der Waals surface area (Å²) in [6.07, 6.45) is 5.94. The molecule has 1 atom stereocenters. The molecule has 1 aromatic heterocycles. The van der Waals surface area contributed by atoms with Crippen LogP contribution in [-0.4, -0.2) is 36.0 Å². The van der Waals surface area contributed by atoms with Gasteiger partial charge in [0.1, 0.15) is 4.90 Å². The smallest absolute Gasteiger partial charge is 0.243 e. The quantitative estimate of drug-likeness (QED) is 0.713. The van der Waals surface area contributed by atoms with Gasteiger partial charge in [-0.3, -0.25) is 4.68 Å². The van der Waals surface area contributed by atoms with E-state index in [0.717, 1.165) is 19.3 Å². The number of aliphatic hydroxyl groups is 1. The first kappa shape index (κ1) is 16.1. The van der Waals surface area contributed by atoms with E-state index < -0.39 is 10.0 Å². The van der Waals surface area contributed by atoms with Crippen LogP contribution in [0.25, 0.3) is 0 Å². The van der Waals surface area contributed by atoms with Crippen LogP contribution >= 0.6 is 0 Å². The van der Waals surface area contributed by atoms with Crippen LogP contribution < -0.4 is 4.72 Å². The van der Waals surface area contributed by atoms with Crippen LogP contribution in [0.3, 0.4) is 0 Å². The SMILES string of the molecule is CCCC(CC)NS(=O)(=O)c1cnn(CCCO)c1. The molecule has 6 nitrogen and oxygen atoms in total. The summed E-state index contributed by atoms with van der Waals surface area (Å²) in [6.45, 7) is 4.57.